The van der Waals surface area contributed by atoms with Crippen LogP contribution in [0.2, 0.25) is 5.02 Å². The summed E-state index contributed by atoms with van der Waals surface area (Å²) in [6.45, 7) is 2.10. The molecule has 1 aromatic carbocycles. The molecule has 4 N–H and O–H groups in total. The van der Waals surface area contributed by atoms with E-state index in [1.807, 2.05) is 12.1 Å². The number of methoxy groups -OCH3 is 1. The molecule has 1 aromatic heterocycles. The monoisotopic (exact) mass is 457 g/mol. The van der Waals surface area contributed by atoms with Gasteiger partial charge in [-0.25, -0.2) is 4.79 Å². The number of halogens is 1. The lowest BCUT2D eigenvalue weighted by molar-refractivity contribution is -0.123. The number of carbonyl (C=O) groups excluding carboxylic acids is 2. The molecule has 0 spiro atoms. The minimum Gasteiger partial charge on any atom is -0.495 e. The molecule has 8 nitrogen and oxygen atoms in total. The number of rotatable bonds is 7. The van der Waals surface area contributed by atoms with Gasteiger partial charge in [0.15, 0.2) is 0 Å². The SMILES string of the molecule is COc1ccc([C@@H]2CN(CC3(C(N)=O)CC3)CC[C@H]2NC(=O)Nc2ccc(Cl)cc2)nc1. The maximum Gasteiger partial charge on any atom is 0.319 e. The van der Waals surface area contributed by atoms with Gasteiger partial charge in [0, 0.05) is 48.0 Å². The number of amides is 3. The molecule has 2 heterocycles. The lowest BCUT2D eigenvalue weighted by Crippen LogP contribution is -2.52. The second kappa shape index (κ2) is 9.34. The average molecular weight is 458 g/mol. The molecule has 3 amide bonds. The molecule has 4 rings (SSSR count). The zero-order valence-corrected chi connectivity index (χ0v) is 18.8. The number of ether oxygens (including phenoxy) is 1. The third-order valence-electron chi connectivity index (χ3n) is 6.39. The lowest BCUT2D eigenvalue weighted by atomic mass is 9.88. The molecular formula is C23H28ClN5O3. The summed E-state index contributed by atoms with van der Waals surface area (Å²) in [6.07, 6.45) is 4.11. The normalized spacial score (nSPS) is 22.1. The van der Waals surface area contributed by atoms with Gasteiger partial charge in [0.2, 0.25) is 5.91 Å². The number of likely N-dealkylation sites (tertiary alicyclic amines) is 1. The van der Waals surface area contributed by atoms with Crippen LogP contribution in [-0.4, -0.2) is 54.6 Å². The smallest absolute Gasteiger partial charge is 0.319 e. The van der Waals surface area contributed by atoms with Crippen LogP contribution in [0.3, 0.4) is 0 Å². The summed E-state index contributed by atoms with van der Waals surface area (Å²) in [5, 5.41) is 6.58. The Morgan fingerprint density at radius 3 is 2.59 bits per heavy atom. The average Bonchev–Trinajstić information content (AvgIpc) is 3.57. The number of aromatic nitrogens is 1. The maximum absolute atomic E-state index is 12.7. The second-order valence-electron chi connectivity index (χ2n) is 8.61. The van der Waals surface area contributed by atoms with E-state index in [0.717, 1.165) is 31.5 Å². The number of pyridine rings is 1. The Bertz CT molecular complexity index is 963. The summed E-state index contributed by atoms with van der Waals surface area (Å²) in [5.74, 6) is 0.422. The highest BCUT2D eigenvalue weighted by Crippen LogP contribution is 2.46. The van der Waals surface area contributed by atoms with Crippen molar-refractivity contribution in [2.75, 3.05) is 32.1 Å². The number of nitrogens with zero attached hydrogens (tertiary/aromatic N) is 2. The summed E-state index contributed by atoms with van der Waals surface area (Å²) < 4.78 is 5.23. The Morgan fingerprint density at radius 1 is 1.25 bits per heavy atom. The Morgan fingerprint density at radius 2 is 2.00 bits per heavy atom. The van der Waals surface area contributed by atoms with Crippen LogP contribution in [0.5, 0.6) is 5.75 Å². The van der Waals surface area contributed by atoms with Crippen molar-refractivity contribution in [3.8, 4) is 5.75 Å². The van der Waals surface area contributed by atoms with Crippen LogP contribution in [0.15, 0.2) is 42.6 Å². The maximum atomic E-state index is 12.7. The van der Waals surface area contributed by atoms with Gasteiger partial charge in [-0.05, 0) is 55.7 Å². The van der Waals surface area contributed by atoms with E-state index in [9.17, 15) is 9.59 Å². The first-order valence-electron chi connectivity index (χ1n) is 10.7. The molecule has 1 aliphatic heterocycles. The summed E-state index contributed by atoms with van der Waals surface area (Å²) in [6, 6.07) is 10.4. The number of urea groups is 1. The van der Waals surface area contributed by atoms with Gasteiger partial charge in [0.25, 0.3) is 0 Å². The first-order valence-corrected chi connectivity index (χ1v) is 11.1. The predicted octanol–water partition coefficient (Wildman–Crippen LogP) is 2.99. The van der Waals surface area contributed by atoms with Crippen molar-refractivity contribution in [2.45, 2.75) is 31.2 Å². The Labute approximate surface area is 192 Å². The van der Waals surface area contributed by atoms with E-state index in [2.05, 4.69) is 20.5 Å². The number of hydrogen-bond acceptors (Lipinski definition) is 5. The number of hydrogen-bond donors (Lipinski definition) is 3. The van der Waals surface area contributed by atoms with E-state index in [-0.39, 0.29) is 23.9 Å². The molecule has 2 fully saturated rings. The van der Waals surface area contributed by atoms with Gasteiger partial charge in [0.05, 0.1) is 18.7 Å². The number of nitrogens with two attached hydrogens (primary N) is 1. The van der Waals surface area contributed by atoms with E-state index in [4.69, 9.17) is 22.1 Å². The number of benzene rings is 1. The van der Waals surface area contributed by atoms with Gasteiger partial charge < -0.3 is 26.0 Å². The highest BCUT2D eigenvalue weighted by atomic mass is 35.5. The molecular weight excluding hydrogens is 430 g/mol. The first kappa shape index (κ1) is 22.4. The minimum absolute atomic E-state index is 0.0331. The quantitative estimate of drug-likeness (QED) is 0.592. The minimum atomic E-state index is -0.399. The van der Waals surface area contributed by atoms with Gasteiger partial charge in [0.1, 0.15) is 5.75 Å². The number of piperidine rings is 1. The van der Waals surface area contributed by atoms with Crippen molar-refractivity contribution >= 4 is 29.2 Å². The van der Waals surface area contributed by atoms with E-state index in [0.29, 0.717) is 29.5 Å². The molecule has 32 heavy (non-hydrogen) atoms. The largest absolute Gasteiger partial charge is 0.495 e. The Balaban J connectivity index is 1.47. The van der Waals surface area contributed by atoms with Gasteiger partial charge in [-0.15, -0.1) is 0 Å². The highest BCUT2D eigenvalue weighted by molar-refractivity contribution is 6.30. The second-order valence-corrected chi connectivity index (χ2v) is 9.05. The zero-order valence-electron chi connectivity index (χ0n) is 18.0. The van der Waals surface area contributed by atoms with E-state index in [1.165, 1.54) is 0 Å². The van der Waals surface area contributed by atoms with Crippen LogP contribution in [-0.2, 0) is 4.79 Å². The summed E-state index contributed by atoms with van der Waals surface area (Å²) >= 11 is 5.92. The molecule has 2 aliphatic rings. The van der Waals surface area contributed by atoms with Crippen molar-refractivity contribution in [1.82, 2.24) is 15.2 Å². The predicted molar refractivity (Wildman–Crippen MR) is 123 cm³/mol. The molecule has 1 aliphatic carbocycles. The highest BCUT2D eigenvalue weighted by Gasteiger charge is 2.50. The standard InChI is InChI=1S/C23H28ClN5O3/c1-32-17-6-7-19(26-12-17)18-13-29(14-23(9-10-23)21(25)30)11-8-20(18)28-22(31)27-16-4-2-15(24)3-5-16/h2-7,12,18,20H,8-11,13-14H2,1H3,(H2,25,30)(H2,27,28,31)/t18-,20+/m0/s1. The fraction of sp³-hybridized carbons (Fsp3) is 0.435. The zero-order chi connectivity index (χ0) is 22.7. The number of nitrogens with one attached hydrogen (secondary N) is 2. The van der Waals surface area contributed by atoms with Gasteiger partial charge >= 0.3 is 6.03 Å². The molecule has 1 saturated carbocycles. The van der Waals surface area contributed by atoms with E-state index in [1.54, 1.807) is 37.6 Å². The van der Waals surface area contributed by atoms with Gasteiger partial charge in [-0.2, -0.15) is 0 Å². The first-order chi connectivity index (χ1) is 15.4. The molecule has 0 bridgehead atoms. The third kappa shape index (κ3) is 5.14. The molecule has 2 aromatic rings. The number of carbonyl (C=O) groups is 2. The Kier molecular flexibility index (Phi) is 6.53. The van der Waals surface area contributed by atoms with Gasteiger partial charge in [-0.1, -0.05) is 11.6 Å². The Hall–Kier alpha value is -2.84. The molecule has 0 unspecified atom stereocenters. The van der Waals surface area contributed by atoms with Crippen molar-refractivity contribution in [3.63, 3.8) is 0 Å². The number of anilines is 1. The fourth-order valence-corrected chi connectivity index (χ4v) is 4.42. The van der Waals surface area contributed by atoms with Crippen LogP contribution in [0.1, 0.15) is 30.9 Å². The van der Waals surface area contributed by atoms with Gasteiger partial charge in [-0.3, -0.25) is 9.78 Å². The van der Waals surface area contributed by atoms with Crippen molar-refractivity contribution in [1.29, 1.82) is 0 Å². The van der Waals surface area contributed by atoms with Crippen molar-refractivity contribution in [3.05, 3.63) is 53.3 Å². The topological polar surface area (TPSA) is 110 Å². The van der Waals surface area contributed by atoms with Crippen LogP contribution >= 0.6 is 11.6 Å². The molecule has 0 radical (unpaired) electrons. The third-order valence-corrected chi connectivity index (χ3v) is 6.64. The van der Waals surface area contributed by atoms with Crippen LogP contribution < -0.4 is 21.1 Å². The molecule has 9 heteroatoms. The fourth-order valence-electron chi connectivity index (χ4n) is 4.30. The summed E-state index contributed by atoms with van der Waals surface area (Å²) in [4.78, 5) is 31.4. The van der Waals surface area contributed by atoms with Crippen LogP contribution in [0, 0.1) is 5.41 Å². The lowest BCUT2D eigenvalue weighted by Gasteiger charge is -2.39. The number of primary amides is 1. The summed E-state index contributed by atoms with van der Waals surface area (Å²) in [7, 11) is 1.60. The molecule has 2 atom stereocenters. The van der Waals surface area contributed by atoms with Crippen molar-refractivity contribution < 1.29 is 14.3 Å². The molecule has 170 valence electrons. The van der Waals surface area contributed by atoms with E-state index < -0.39 is 5.41 Å². The van der Waals surface area contributed by atoms with Crippen LogP contribution in [0.25, 0.3) is 0 Å². The van der Waals surface area contributed by atoms with E-state index >= 15 is 0 Å². The summed E-state index contributed by atoms with van der Waals surface area (Å²) in [5.41, 5.74) is 6.78. The van der Waals surface area contributed by atoms with Crippen LogP contribution in [0.4, 0.5) is 10.5 Å². The molecule has 1 saturated heterocycles. The van der Waals surface area contributed by atoms with Crippen molar-refractivity contribution in [2.24, 2.45) is 11.1 Å².